The molecule has 2 aromatic rings. The van der Waals surface area contributed by atoms with Gasteiger partial charge in [-0.3, -0.25) is 10.1 Å². The maximum atomic E-state index is 10.5. The molecule has 0 aliphatic rings. The van der Waals surface area contributed by atoms with Gasteiger partial charge in [-0.15, -0.1) is 0 Å². The molecule has 7 heteroatoms. The number of aryl methyl sites for hydroxylation is 1. The molecule has 0 radical (unpaired) electrons. The number of nitro groups is 1. The van der Waals surface area contributed by atoms with Crippen LogP contribution in [-0.2, 0) is 6.54 Å². The smallest absolute Gasteiger partial charge is 0.324 e. The second-order valence-electron chi connectivity index (χ2n) is 3.17. The van der Waals surface area contributed by atoms with Gasteiger partial charge in [-0.25, -0.2) is 0 Å². The van der Waals surface area contributed by atoms with Crippen LogP contribution in [-0.4, -0.2) is 10.1 Å². The van der Waals surface area contributed by atoms with Crippen molar-refractivity contribution in [3.8, 4) is 0 Å². The van der Waals surface area contributed by atoms with Gasteiger partial charge in [-0.2, -0.15) is 0 Å². The van der Waals surface area contributed by atoms with E-state index in [9.17, 15) is 10.1 Å². The largest absolute Gasteiger partial charge is 0.362 e. The van der Waals surface area contributed by atoms with Gasteiger partial charge < -0.3 is 9.84 Å². The summed E-state index contributed by atoms with van der Waals surface area (Å²) in [5.41, 5.74) is 0. The van der Waals surface area contributed by atoms with Crippen molar-refractivity contribution in [3.05, 3.63) is 39.0 Å². The van der Waals surface area contributed by atoms with Gasteiger partial charge in [0.25, 0.3) is 0 Å². The maximum absolute atomic E-state index is 10.5. The first-order valence-corrected chi connectivity index (χ1v) is 5.37. The molecule has 0 amide bonds. The standard InChI is InChI=1S/C9H9N3O3S/c1-6-4-8(11-15-6)10-5-7-2-3-9(16-7)12(13)14/h2-4H,5H2,1H3,(H,10,11). The van der Waals surface area contributed by atoms with Gasteiger partial charge in [0.2, 0.25) is 0 Å². The quantitative estimate of drug-likeness (QED) is 0.655. The molecule has 0 saturated heterocycles. The molecule has 0 bridgehead atoms. The minimum absolute atomic E-state index is 0.146. The highest BCUT2D eigenvalue weighted by Gasteiger charge is 2.09. The van der Waals surface area contributed by atoms with E-state index in [2.05, 4.69) is 10.5 Å². The first-order chi connectivity index (χ1) is 7.65. The fraction of sp³-hybridized carbons (Fsp3) is 0.222. The van der Waals surface area contributed by atoms with Crippen LogP contribution in [0.1, 0.15) is 10.6 Å². The molecule has 0 saturated carbocycles. The molecule has 2 aromatic heterocycles. The van der Waals surface area contributed by atoms with Crippen LogP contribution in [0.4, 0.5) is 10.8 Å². The minimum Gasteiger partial charge on any atom is -0.362 e. The van der Waals surface area contributed by atoms with E-state index in [4.69, 9.17) is 4.52 Å². The average molecular weight is 239 g/mol. The van der Waals surface area contributed by atoms with Crippen molar-refractivity contribution in [1.29, 1.82) is 0 Å². The highest BCUT2D eigenvalue weighted by molar-refractivity contribution is 7.15. The highest BCUT2D eigenvalue weighted by Crippen LogP contribution is 2.24. The first kappa shape index (κ1) is 10.6. The Bertz CT molecular complexity index is 506. The van der Waals surface area contributed by atoms with E-state index in [0.717, 1.165) is 22.0 Å². The van der Waals surface area contributed by atoms with Crippen LogP contribution in [0, 0.1) is 17.0 Å². The van der Waals surface area contributed by atoms with E-state index in [0.29, 0.717) is 12.4 Å². The van der Waals surface area contributed by atoms with Crippen molar-refractivity contribution in [2.45, 2.75) is 13.5 Å². The van der Waals surface area contributed by atoms with Crippen LogP contribution in [0.5, 0.6) is 0 Å². The molecule has 0 fully saturated rings. The predicted molar refractivity (Wildman–Crippen MR) is 59.5 cm³/mol. The summed E-state index contributed by atoms with van der Waals surface area (Å²) in [6, 6.07) is 4.99. The number of hydrogen-bond donors (Lipinski definition) is 1. The molecule has 6 nitrogen and oxygen atoms in total. The number of anilines is 1. The van der Waals surface area contributed by atoms with Crippen molar-refractivity contribution in [2.24, 2.45) is 0 Å². The van der Waals surface area contributed by atoms with Crippen LogP contribution < -0.4 is 5.32 Å². The van der Waals surface area contributed by atoms with Crippen molar-refractivity contribution in [1.82, 2.24) is 5.16 Å². The normalized spacial score (nSPS) is 10.3. The van der Waals surface area contributed by atoms with E-state index < -0.39 is 4.92 Å². The summed E-state index contributed by atoms with van der Waals surface area (Å²) >= 11 is 1.15. The average Bonchev–Trinajstić information content (AvgIpc) is 2.83. The van der Waals surface area contributed by atoms with E-state index in [1.54, 1.807) is 19.1 Å². The van der Waals surface area contributed by atoms with E-state index in [1.807, 2.05) is 0 Å². The Morgan fingerprint density at radius 3 is 3.00 bits per heavy atom. The summed E-state index contributed by atoms with van der Waals surface area (Å²) in [7, 11) is 0. The van der Waals surface area contributed by atoms with Crippen molar-refractivity contribution in [2.75, 3.05) is 5.32 Å². The summed E-state index contributed by atoms with van der Waals surface area (Å²) in [4.78, 5) is 10.9. The van der Waals surface area contributed by atoms with Gasteiger partial charge >= 0.3 is 5.00 Å². The third-order valence-electron chi connectivity index (χ3n) is 1.90. The fourth-order valence-corrected chi connectivity index (χ4v) is 1.95. The fourth-order valence-electron chi connectivity index (χ4n) is 1.19. The topological polar surface area (TPSA) is 81.2 Å². The first-order valence-electron chi connectivity index (χ1n) is 4.55. The Hall–Kier alpha value is -1.89. The van der Waals surface area contributed by atoms with Crippen molar-refractivity contribution < 1.29 is 9.45 Å². The Balaban J connectivity index is 1.97. The maximum Gasteiger partial charge on any atom is 0.324 e. The molecule has 0 aliphatic carbocycles. The molecule has 0 aromatic carbocycles. The number of nitrogens with zero attached hydrogens (tertiary/aromatic N) is 2. The van der Waals surface area contributed by atoms with Gasteiger partial charge in [0.1, 0.15) is 5.76 Å². The highest BCUT2D eigenvalue weighted by atomic mass is 32.1. The zero-order chi connectivity index (χ0) is 11.5. The lowest BCUT2D eigenvalue weighted by Crippen LogP contribution is -1.96. The SMILES string of the molecule is Cc1cc(NCc2ccc([N+](=O)[O-])s2)no1. The van der Waals surface area contributed by atoms with Gasteiger partial charge in [-0.05, 0) is 13.0 Å². The van der Waals surface area contributed by atoms with Gasteiger partial charge in [0.15, 0.2) is 5.82 Å². The Kier molecular flexibility index (Phi) is 2.86. The third-order valence-corrected chi connectivity index (χ3v) is 2.94. The second-order valence-corrected chi connectivity index (χ2v) is 4.32. The van der Waals surface area contributed by atoms with Gasteiger partial charge in [0.05, 0.1) is 11.5 Å². The van der Waals surface area contributed by atoms with Crippen LogP contribution >= 0.6 is 11.3 Å². The van der Waals surface area contributed by atoms with Crippen LogP contribution in [0.3, 0.4) is 0 Å². The molecule has 0 unspecified atom stereocenters. The van der Waals surface area contributed by atoms with E-state index in [1.165, 1.54) is 6.07 Å². The molecular weight excluding hydrogens is 230 g/mol. The molecule has 2 heterocycles. The minimum atomic E-state index is -0.394. The number of hydrogen-bond acceptors (Lipinski definition) is 6. The van der Waals surface area contributed by atoms with Crippen LogP contribution in [0.2, 0.25) is 0 Å². The molecule has 0 atom stereocenters. The molecule has 2 rings (SSSR count). The number of nitrogens with one attached hydrogen (secondary N) is 1. The number of thiophene rings is 1. The number of rotatable bonds is 4. The lowest BCUT2D eigenvalue weighted by atomic mass is 10.4. The molecule has 84 valence electrons. The van der Waals surface area contributed by atoms with Gasteiger partial charge in [0, 0.05) is 17.0 Å². The van der Waals surface area contributed by atoms with Crippen LogP contribution in [0.15, 0.2) is 22.7 Å². The lowest BCUT2D eigenvalue weighted by Gasteiger charge is -1.96. The van der Waals surface area contributed by atoms with Crippen molar-refractivity contribution >= 4 is 22.2 Å². The van der Waals surface area contributed by atoms with Crippen LogP contribution in [0.25, 0.3) is 0 Å². The Morgan fingerprint density at radius 2 is 2.44 bits per heavy atom. The summed E-state index contributed by atoms with van der Waals surface area (Å²) in [6.45, 7) is 2.30. The summed E-state index contributed by atoms with van der Waals surface area (Å²) < 4.78 is 4.88. The molecule has 1 N–H and O–H groups in total. The predicted octanol–water partition coefficient (Wildman–Crippen LogP) is 2.56. The third kappa shape index (κ3) is 2.37. The molecular formula is C9H9N3O3S. The lowest BCUT2D eigenvalue weighted by molar-refractivity contribution is -0.380. The Morgan fingerprint density at radius 1 is 1.62 bits per heavy atom. The Labute approximate surface area is 95.0 Å². The summed E-state index contributed by atoms with van der Waals surface area (Å²) in [5, 5.41) is 17.4. The molecule has 0 aliphatic heterocycles. The summed E-state index contributed by atoms with van der Waals surface area (Å²) in [5.74, 6) is 1.35. The van der Waals surface area contributed by atoms with E-state index >= 15 is 0 Å². The molecule has 0 spiro atoms. The molecule has 16 heavy (non-hydrogen) atoms. The number of aromatic nitrogens is 1. The van der Waals surface area contributed by atoms with Gasteiger partial charge in [-0.1, -0.05) is 16.5 Å². The van der Waals surface area contributed by atoms with Crippen molar-refractivity contribution in [3.63, 3.8) is 0 Å². The summed E-state index contributed by atoms with van der Waals surface area (Å²) in [6.07, 6.45) is 0. The van der Waals surface area contributed by atoms with E-state index in [-0.39, 0.29) is 5.00 Å². The zero-order valence-corrected chi connectivity index (χ0v) is 9.28. The second kappa shape index (κ2) is 4.31. The zero-order valence-electron chi connectivity index (χ0n) is 8.47. The monoisotopic (exact) mass is 239 g/mol.